The second-order valence-electron chi connectivity index (χ2n) is 13.9. The Morgan fingerprint density at radius 2 is 0.771 bits per heavy atom. The second-order valence-corrected chi connectivity index (χ2v) is 13.9. The third-order valence-corrected chi connectivity index (χ3v) is 10.7. The lowest BCUT2D eigenvalue weighted by molar-refractivity contribution is 0.860. The molecule has 0 atom stereocenters. The Hall–Kier alpha value is -5.08. The van der Waals surface area contributed by atoms with Gasteiger partial charge in [-0.1, -0.05) is 77.9 Å². The molecule has 0 radical (unpaired) electrons. The molecule has 0 saturated heterocycles. The quantitative estimate of drug-likeness (QED) is 0.134. The van der Waals surface area contributed by atoms with Crippen molar-refractivity contribution in [2.45, 2.75) is 68.2 Å². The topological polar surface area (TPSA) is 6.48 Å². The average molecular weight is 627 g/mol. The van der Waals surface area contributed by atoms with Crippen LogP contribution in [0.2, 0.25) is 0 Å². The number of hydrogen-bond acceptors (Lipinski definition) is 2. The zero-order valence-electron chi connectivity index (χ0n) is 29.7. The van der Waals surface area contributed by atoms with Crippen molar-refractivity contribution >= 4 is 50.0 Å². The van der Waals surface area contributed by atoms with E-state index in [1.165, 1.54) is 100 Å². The van der Waals surface area contributed by atoms with E-state index in [-0.39, 0.29) is 0 Å². The van der Waals surface area contributed by atoms with Crippen LogP contribution < -0.4 is 9.80 Å². The first-order valence-corrected chi connectivity index (χ1v) is 17.2. The normalized spacial score (nSPS) is 13.3. The van der Waals surface area contributed by atoms with Crippen LogP contribution in [-0.4, -0.2) is 0 Å². The Morgan fingerprint density at radius 3 is 1.15 bits per heavy atom. The minimum absolute atomic E-state index is 0.998. The lowest BCUT2D eigenvalue weighted by atomic mass is 9.92. The molecule has 6 aromatic rings. The predicted octanol–water partition coefficient (Wildman–Crippen LogP) is 13.5. The maximum Gasteiger partial charge on any atom is 0.0619 e. The van der Waals surface area contributed by atoms with Gasteiger partial charge in [-0.05, 0) is 144 Å². The monoisotopic (exact) mass is 626 g/mol. The summed E-state index contributed by atoms with van der Waals surface area (Å²) in [6.07, 6.45) is 4.49. The summed E-state index contributed by atoms with van der Waals surface area (Å²) in [5.74, 6) is 0. The molecule has 2 heteroatoms. The van der Waals surface area contributed by atoms with E-state index < -0.39 is 0 Å². The van der Waals surface area contributed by atoms with E-state index in [2.05, 4.69) is 174 Å². The van der Waals surface area contributed by atoms with Crippen LogP contribution in [-0.2, 0) is 0 Å². The van der Waals surface area contributed by atoms with Crippen molar-refractivity contribution in [1.82, 2.24) is 0 Å². The zero-order chi connectivity index (χ0) is 33.7. The van der Waals surface area contributed by atoms with Crippen LogP contribution in [0, 0.1) is 41.5 Å². The van der Waals surface area contributed by atoms with Crippen molar-refractivity contribution in [3.8, 4) is 0 Å². The Morgan fingerprint density at radius 1 is 0.396 bits per heavy atom. The van der Waals surface area contributed by atoms with Gasteiger partial charge in [0.2, 0.25) is 0 Å². The maximum atomic E-state index is 2.56. The van der Waals surface area contributed by atoms with Crippen molar-refractivity contribution in [2.75, 3.05) is 9.80 Å². The molecule has 0 heterocycles. The fraction of sp³-hybridized carbons (Fsp3) is 0.217. The van der Waals surface area contributed by atoms with E-state index in [1.807, 2.05) is 0 Å². The molecular formula is C46H46N2. The number of nitrogens with zero attached hydrogens (tertiary/aromatic N) is 2. The second kappa shape index (κ2) is 12.5. The van der Waals surface area contributed by atoms with Gasteiger partial charge < -0.3 is 9.80 Å². The van der Waals surface area contributed by atoms with Gasteiger partial charge in [-0.2, -0.15) is 0 Å². The summed E-state index contributed by atoms with van der Waals surface area (Å²) in [6, 6.07) is 38.8. The maximum absolute atomic E-state index is 2.56. The van der Waals surface area contributed by atoms with Crippen molar-refractivity contribution in [2.24, 2.45) is 0 Å². The molecule has 0 aromatic heterocycles. The van der Waals surface area contributed by atoms with Crippen LogP contribution >= 0.6 is 0 Å². The first kappa shape index (κ1) is 31.5. The van der Waals surface area contributed by atoms with E-state index >= 15 is 0 Å². The summed E-state index contributed by atoms with van der Waals surface area (Å²) in [4.78, 5) is 5.05. The van der Waals surface area contributed by atoms with E-state index in [0.29, 0.717) is 0 Å². The molecule has 0 spiro atoms. The molecule has 240 valence electrons. The van der Waals surface area contributed by atoms with Crippen LogP contribution in [0.4, 0.5) is 28.4 Å². The van der Waals surface area contributed by atoms with Crippen molar-refractivity contribution in [3.05, 3.63) is 159 Å². The average Bonchev–Trinajstić information content (AvgIpc) is 3.08. The number of benzene rings is 6. The summed E-state index contributed by atoms with van der Waals surface area (Å²) < 4.78 is 0. The molecule has 2 nitrogen and oxygen atoms in total. The first-order valence-electron chi connectivity index (χ1n) is 17.2. The number of allylic oxidation sites excluding steroid dienone is 4. The van der Waals surface area contributed by atoms with E-state index in [9.17, 15) is 0 Å². The van der Waals surface area contributed by atoms with Gasteiger partial charge >= 0.3 is 0 Å². The molecule has 1 aliphatic carbocycles. The molecule has 7 rings (SSSR count). The lowest BCUT2D eigenvalue weighted by Crippen LogP contribution is -2.20. The molecule has 0 saturated carbocycles. The number of anilines is 5. The highest BCUT2D eigenvalue weighted by Gasteiger charge is 2.27. The van der Waals surface area contributed by atoms with Crippen molar-refractivity contribution < 1.29 is 0 Å². The highest BCUT2D eigenvalue weighted by Crippen LogP contribution is 2.51. The van der Waals surface area contributed by atoms with Gasteiger partial charge in [0, 0.05) is 44.3 Å². The van der Waals surface area contributed by atoms with Gasteiger partial charge in [0.1, 0.15) is 0 Å². The fourth-order valence-electron chi connectivity index (χ4n) is 7.14. The van der Waals surface area contributed by atoms with Crippen molar-refractivity contribution in [3.63, 3.8) is 0 Å². The summed E-state index contributed by atoms with van der Waals surface area (Å²) in [5, 5.41) is 4.95. The highest BCUT2D eigenvalue weighted by atomic mass is 15.2. The molecule has 6 aromatic carbocycles. The summed E-state index contributed by atoms with van der Waals surface area (Å²) in [7, 11) is 0. The van der Waals surface area contributed by atoms with Gasteiger partial charge in [-0.15, -0.1) is 0 Å². The fourth-order valence-corrected chi connectivity index (χ4v) is 7.14. The third-order valence-electron chi connectivity index (χ3n) is 10.7. The van der Waals surface area contributed by atoms with E-state index in [0.717, 1.165) is 12.8 Å². The van der Waals surface area contributed by atoms with E-state index in [1.54, 1.807) is 0 Å². The van der Waals surface area contributed by atoms with Crippen LogP contribution in [0.15, 0.2) is 126 Å². The standard InChI is InChI=1S/C46H46N2/c1-29-17-21-37(25-33(29)5)47(38-22-18-30(2)34(6)26-38)45-41-13-9-11-15-43(41)46(44-16-12-10-14-42(44)45)48(39-23-19-31(3)35(7)27-39)40-24-20-32(4)36(8)28-40/h9-19,21-23,25-28H,20,24H2,1-8H3. The summed E-state index contributed by atoms with van der Waals surface area (Å²) >= 11 is 0. The van der Waals surface area contributed by atoms with Gasteiger partial charge in [0.15, 0.2) is 0 Å². The van der Waals surface area contributed by atoms with Crippen molar-refractivity contribution in [1.29, 1.82) is 0 Å². The largest absolute Gasteiger partial charge is 0.313 e. The third kappa shape index (κ3) is 5.50. The van der Waals surface area contributed by atoms with E-state index in [4.69, 9.17) is 0 Å². The number of fused-ring (bicyclic) bond motifs is 2. The van der Waals surface area contributed by atoms with Crippen LogP contribution in [0.25, 0.3) is 21.5 Å². The number of aryl methyl sites for hydroxylation is 6. The Balaban J connectivity index is 1.61. The molecule has 0 bridgehead atoms. The number of hydrogen-bond donors (Lipinski definition) is 0. The molecule has 0 unspecified atom stereocenters. The van der Waals surface area contributed by atoms with Crippen LogP contribution in [0.1, 0.15) is 60.1 Å². The van der Waals surface area contributed by atoms with Gasteiger partial charge in [0.05, 0.1) is 11.4 Å². The molecular weight excluding hydrogens is 581 g/mol. The van der Waals surface area contributed by atoms with Crippen LogP contribution in [0.5, 0.6) is 0 Å². The SMILES string of the molecule is CC1=C(C)CCC(N(c2ccc(C)c(C)c2)c2c3ccccc3c(N(c3ccc(C)c(C)c3)c3ccc(C)c(C)c3)c3ccccc23)=C1. The predicted molar refractivity (Wildman–Crippen MR) is 209 cm³/mol. The number of rotatable bonds is 6. The van der Waals surface area contributed by atoms with Gasteiger partial charge in [-0.3, -0.25) is 0 Å². The zero-order valence-corrected chi connectivity index (χ0v) is 29.7. The minimum atomic E-state index is 0.998. The molecule has 0 N–H and O–H groups in total. The molecule has 1 aliphatic rings. The van der Waals surface area contributed by atoms with Crippen LogP contribution in [0.3, 0.4) is 0 Å². The lowest BCUT2D eigenvalue weighted by Gasteiger charge is -2.35. The molecule has 0 fully saturated rings. The molecule has 0 amide bonds. The summed E-state index contributed by atoms with van der Waals surface area (Å²) in [5.41, 5.74) is 18.0. The summed E-state index contributed by atoms with van der Waals surface area (Å²) in [6.45, 7) is 17.8. The Kier molecular flexibility index (Phi) is 8.21. The first-order chi connectivity index (χ1) is 23.1. The van der Waals surface area contributed by atoms with Gasteiger partial charge in [-0.25, -0.2) is 0 Å². The highest BCUT2D eigenvalue weighted by molar-refractivity contribution is 6.22. The molecule has 48 heavy (non-hydrogen) atoms. The Bertz CT molecular complexity index is 2170. The smallest absolute Gasteiger partial charge is 0.0619 e. The Labute approximate surface area is 286 Å². The minimum Gasteiger partial charge on any atom is -0.313 e. The van der Waals surface area contributed by atoms with Gasteiger partial charge in [0.25, 0.3) is 0 Å². The molecule has 0 aliphatic heterocycles.